The maximum absolute atomic E-state index is 2.20. The molecule has 3 saturated carbocycles. The van der Waals surface area contributed by atoms with Crippen LogP contribution >= 0.6 is 7.92 Å². The Bertz CT molecular complexity index is 505. The van der Waals surface area contributed by atoms with E-state index in [-0.39, 0.29) is 19.5 Å². The quantitative estimate of drug-likeness (QED) is 0.258. The molecule has 0 spiro atoms. The van der Waals surface area contributed by atoms with Gasteiger partial charge in [0, 0.05) is 5.92 Å². The second-order valence-corrected chi connectivity index (χ2v) is 13.5. The van der Waals surface area contributed by atoms with E-state index in [9.17, 15) is 0 Å². The molecule has 2 heteroatoms. The molecule has 0 saturated heterocycles. The third-order valence-corrected chi connectivity index (χ3v) is 12.9. The fraction of sp³-hybridized carbons (Fsp3) is 0.821. The molecule has 0 N–H and O–H groups in total. The van der Waals surface area contributed by atoms with Crippen LogP contribution in [0.4, 0.5) is 0 Å². The Hall–Kier alpha value is 0.533. The topological polar surface area (TPSA) is 0 Å². The summed E-state index contributed by atoms with van der Waals surface area (Å²) < 4.78 is 0. The van der Waals surface area contributed by atoms with Crippen molar-refractivity contribution in [3.63, 3.8) is 0 Å². The fourth-order valence-electron chi connectivity index (χ4n) is 6.44. The summed E-state index contributed by atoms with van der Waals surface area (Å²) in [6.45, 7) is 11.0. The Morgan fingerprint density at radius 3 is 0.900 bits per heavy atom. The van der Waals surface area contributed by atoms with Gasteiger partial charge >= 0.3 is 19.5 Å². The van der Waals surface area contributed by atoms with Crippen molar-refractivity contribution in [1.82, 2.24) is 0 Å². The molecule has 4 aliphatic carbocycles. The predicted molar refractivity (Wildman–Crippen MR) is 137 cm³/mol. The Kier molecular flexibility index (Phi) is 11.9. The molecule has 3 fully saturated rings. The van der Waals surface area contributed by atoms with Gasteiger partial charge in [0.2, 0.25) is 0 Å². The summed E-state index contributed by atoms with van der Waals surface area (Å²) in [5.74, 6) is 1.47. The van der Waals surface area contributed by atoms with E-state index in [2.05, 4.69) is 34.6 Å². The minimum atomic E-state index is 0. The normalized spacial score (nSPS) is 25.4. The molecule has 0 unspecified atom stereocenters. The fourth-order valence-corrected chi connectivity index (χ4v) is 11.1. The zero-order valence-corrected chi connectivity index (χ0v) is 23.8. The van der Waals surface area contributed by atoms with Crippen LogP contribution in [0.3, 0.4) is 0 Å². The molecule has 1 radical (unpaired) electrons. The van der Waals surface area contributed by atoms with Gasteiger partial charge < -0.3 is 0 Å². The van der Waals surface area contributed by atoms with Crippen molar-refractivity contribution in [2.24, 2.45) is 0 Å². The molecule has 0 bridgehead atoms. The molecule has 0 aliphatic heterocycles. The van der Waals surface area contributed by atoms with Crippen molar-refractivity contribution >= 4 is 7.92 Å². The van der Waals surface area contributed by atoms with Crippen LogP contribution in [-0.4, -0.2) is 17.0 Å². The molecule has 0 aromatic carbocycles. The Morgan fingerprint density at radius 1 is 0.433 bits per heavy atom. The van der Waals surface area contributed by atoms with E-state index in [1.54, 1.807) is 77.0 Å². The van der Waals surface area contributed by atoms with Crippen LogP contribution in [0.1, 0.15) is 131 Å². The zero-order chi connectivity index (χ0) is 20.8. The molecule has 0 nitrogen and oxygen atoms in total. The van der Waals surface area contributed by atoms with Crippen LogP contribution < -0.4 is 0 Å². The van der Waals surface area contributed by atoms with Crippen LogP contribution in [0.25, 0.3) is 0 Å². The summed E-state index contributed by atoms with van der Waals surface area (Å²) in [5, 5.41) is 0. The first kappa shape index (κ1) is 26.8. The molecule has 0 heterocycles. The summed E-state index contributed by atoms with van der Waals surface area (Å²) in [6, 6.07) is 0. The average Bonchev–Trinajstić information content (AvgIpc) is 2.94. The summed E-state index contributed by atoms with van der Waals surface area (Å²) >= 11 is 0. The van der Waals surface area contributed by atoms with Gasteiger partial charge in [0.05, 0.1) is 0 Å². The minimum absolute atomic E-state index is 0. The van der Waals surface area contributed by atoms with E-state index in [1.807, 2.05) is 0 Å². The molecular formula is C28H51PRu. The number of hydrogen-bond donors (Lipinski definition) is 0. The Balaban J connectivity index is 0.000000249. The first-order chi connectivity index (χ1) is 14.0. The van der Waals surface area contributed by atoms with E-state index in [0.717, 1.165) is 0 Å². The summed E-state index contributed by atoms with van der Waals surface area (Å²) in [5.41, 5.74) is 9.44. The summed E-state index contributed by atoms with van der Waals surface area (Å²) in [4.78, 5) is 0. The molecule has 0 aromatic heterocycles. The molecule has 30 heavy (non-hydrogen) atoms. The van der Waals surface area contributed by atoms with E-state index in [4.69, 9.17) is 0 Å². The van der Waals surface area contributed by atoms with Crippen molar-refractivity contribution in [2.75, 3.05) is 0 Å². The number of allylic oxidation sites excluding steroid dienone is 4. The molecule has 4 aliphatic rings. The molecule has 4 rings (SSSR count). The molecule has 0 amide bonds. The van der Waals surface area contributed by atoms with E-state index < -0.39 is 0 Å². The van der Waals surface area contributed by atoms with Gasteiger partial charge in [-0.25, -0.2) is 0 Å². The molecule has 0 atom stereocenters. The van der Waals surface area contributed by atoms with Gasteiger partial charge in [0.25, 0.3) is 0 Å². The van der Waals surface area contributed by atoms with E-state index in [1.165, 1.54) is 64.4 Å². The van der Waals surface area contributed by atoms with Gasteiger partial charge in [-0.2, -0.15) is 0 Å². The van der Waals surface area contributed by atoms with Gasteiger partial charge in [0.15, 0.2) is 0 Å². The molecule has 176 valence electrons. The van der Waals surface area contributed by atoms with E-state index in [0.29, 0.717) is 7.92 Å². The van der Waals surface area contributed by atoms with Gasteiger partial charge in [-0.05, 0) is 94.3 Å². The number of rotatable bonds is 3. The first-order valence-corrected chi connectivity index (χ1v) is 14.5. The maximum atomic E-state index is 2.20. The van der Waals surface area contributed by atoms with Crippen molar-refractivity contribution in [1.29, 1.82) is 0 Å². The van der Waals surface area contributed by atoms with Crippen LogP contribution in [0, 0.1) is 5.92 Å². The summed E-state index contributed by atoms with van der Waals surface area (Å²) in [6.07, 6.45) is 23.6. The third kappa shape index (κ3) is 6.77. The van der Waals surface area contributed by atoms with E-state index >= 15 is 0 Å². The van der Waals surface area contributed by atoms with Crippen LogP contribution in [0.5, 0.6) is 0 Å². The van der Waals surface area contributed by atoms with Crippen LogP contribution in [-0.2, 0) is 19.5 Å². The van der Waals surface area contributed by atoms with Crippen molar-refractivity contribution < 1.29 is 19.5 Å². The SMILES string of the molecule is C1CCC(P(C2CCCCC2)C2CCCCC2)CC1.C[C]1C(C)=C(C)C(C)=C1C.[RuH3]. The average molecular weight is 520 g/mol. The van der Waals surface area contributed by atoms with Crippen LogP contribution in [0.2, 0.25) is 0 Å². The predicted octanol–water partition coefficient (Wildman–Crippen LogP) is 8.93. The van der Waals surface area contributed by atoms with Crippen molar-refractivity contribution in [3.05, 3.63) is 28.2 Å². The monoisotopic (exact) mass is 520 g/mol. The zero-order valence-electron chi connectivity index (χ0n) is 20.7. The number of hydrogen-bond acceptors (Lipinski definition) is 0. The van der Waals surface area contributed by atoms with Gasteiger partial charge in [-0.3, -0.25) is 0 Å². The third-order valence-electron chi connectivity index (χ3n) is 8.80. The van der Waals surface area contributed by atoms with Gasteiger partial charge in [-0.1, -0.05) is 83.8 Å². The second kappa shape index (κ2) is 13.3. The molecular weight excluding hydrogens is 468 g/mol. The first-order valence-electron chi connectivity index (χ1n) is 13.0. The molecule has 0 aromatic rings. The summed E-state index contributed by atoms with van der Waals surface area (Å²) in [7, 11) is 0.385. The van der Waals surface area contributed by atoms with Crippen molar-refractivity contribution in [3.8, 4) is 0 Å². The van der Waals surface area contributed by atoms with Crippen LogP contribution in [0.15, 0.2) is 22.3 Å². The second-order valence-electron chi connectivity index (χ2n) is 10.4. The Morgan fingerprint density at radius 2 is 0.700 bits per heavy atom. The van der Waals surface area contributed by atoms with Gasteiger partial charge in [0.1, 0.15) is 0 Å². The van der Waals surface area contributed by atoms with Gasteiger partial charge in [-0.15, -0.1) is 0 Å². The van der Waals surface area contributed by atoms with Crippen molar-refractivity contribution in [2.45, 2.75) is 148 Å². The Labute approximate surface area is 203 Å². The standard InChI is InChI=1S/C18H33P.C10H15.Ru.3H/c1-4-10-16(11-5-1)19(17-12-6-2-7-13-17)18-14-8-3-9-15-18;1-6-7(2)9(4)10(5)8(6)3;;;;/h16-18H,1-15H2;1-5H3;;;;.